The van der Waals surface area contributed by atoms with Crippen molar-refractivity contribution in [1.29, 1.82) is 0 Å². The summed E-state index contributed by atoms with van der Waals surface area (Å²) in [4.78, 5) is 9.99. The third-order valence-electron chi connectivity index (χ3n) is 3.01. The quantitative estimate of drug-likeness (QED) is 0.424. The van der Waals surface area contributed by atoms with Gasteiger partial charge < -0.3 is 15.4 Å². The average Bonchev–Trinajstić information content (AvgIpc) is 2.51. The molecule has 1 aliphatic heterocycles. The standard InChI is InChI=1S/C13H17F3N4OS.HI/c14-13(15,16)9-21-11-8-18-2-1-10(11)7-19-12(17)20-3-5-22-6-4-20;/h1-2,8H,3-7,9H2,(H2,17,19);1H. The Morgan fingerprint density at radius 2 is 2.09 bits per heavy atom. The topological polar surface area (TPSA) is 63.7 Å². The van der Waals surface area contributed by atoms with E-state index in [4.69, 9.17) is 10.5 Å². The second kappa shape index (κ2) is 9.40. The number of ether oxygens (including phenoxy) is 1. The largest absolute Gasteiger partial charge is 0.482 e. The number of nitrogens with zero attached hydrogens (tertiary/aromatic N) is 3. The molecular formula is C13H18F3IN4OS. The van der Waals surface area contributed by atoms with Crippen LogP contribution in [0.4, 0.5) is 13.2 Å². The molecule has 0 aliphatic carbocycles. The Labute approximate surface area is 153 Å². The smallest absolute Gasteiger partial charge is 0.422 e. The van der Waals surface area contributed by atoms with Crippen molar-refractivity contribution in [2.24, 2.45) is 10.7 Å². The molecular weight excluding hydrogens is 444 g/mol. The fraction of sp³-hybridized carbons (Fsp3) is 0.538. The lowest BCUT2D eigenvalue weighted by Gasteiger charge is -2.27. The van der Waals surface area contributed by atoms with Gasteiger partial charge in [-0.1, -0.05) is 0 Å². The summed E-state index contributed by atoms with van der Waals surface area (Å²) in [7, 11) is 0. The van der Waals surface area contributed by atoms with E-state index in [9.17, 15) is 13.2 Å². The van der Waals surface area contributed by atoms with Gasteiger partial charge in [0.1, 0.15) is 5.75 Å². The maximum atomic E-state index is 12.2. The van der Waals surface area contributed by atoms with E-state index >= 15 is 0 Å². The lowest BCUT2D eigenvalue weighted by molar-refractivity contribution is -0.153. The molecule has 1 aromatic heterocycles. The van der Waals surface area contributed by atoms with Crippen LogP contribution < -0.4 is 10.5 Å². The first kappa shape index (κ1) is 20.1. The third-order valence-corrected chi connectivity index (χ3v) is 3.95. The molecule has 0 atom stereocenters. The lowest BCUT2D eigenvalue weighted by Crippen LogP contribution is -2.42. The number of thioether (sulfide) groups is 1. The SMILES string of the molecule is I.NC(=NCc1ccncc1OCC(F)(F)F)N1CCSCC1. The zero-order chi connectivity index (χ0) is 16.0. The van der Waals surface area contributed by atoms with E-state index in [1.807, 2.05) is 16.7 Å². The molecule has 0 saturated carbocycles. The van der Waals surface area contributed by atoms with Gasteiger partial charge in [-0.25, -0.2) is 4.99 Å². The Hall–Kier alpha value is -0.910. The van der Waals surface area contributed by atoms with Crippen molar-refractivity contribution in [1.82, 2.24) is 9.88 Å². The summed E-state index contributed by atoms with van der Waals surface area (Å²) in [6.07, 6.45) is -1.65. The summed E-state index contributed by atoms with van der Waals surface area (Å²) < 4.78 is 41.4. The molecule has 5 nitrogen and oxygen atoms in total. The second-order valence-electron chi connectivity index (χ2n) is 4.66. The highest BCUT2D eigenvalue weighted by Gasteiger charge is 2.28. The van der Waals surface area contributed by atoms with Crippen LogP contribution in [0.15, 0.2) is 23.5 Å². The first-order valence-corrected chi connectivity index (χ1v) is 7.86. The molecule has 0 radical (unpaired) electrons. The summed E-state index contributed by atoms with van der Waals surface area (Å²) in [5.74, 6) is 2.46. The van der Waals surface area contributed by atoms with Gasteiger partial charge in [0.25, 0.3) is 0 Å². The number of hydrogen-bond donors (Lipinski definition) is 1. The van der Waals surface area contributed by atoms with Crippen LogP contribution in [0.5, 0.6) is 5.75 Å². The predicted octanol–water partition coefficient (Wildman–Crippen LogP) is 2.50. The number of halogens is 4. The molecule has 0 unspecified atom stereocenters. The first-order valence-electron chi connectivity index (χ1n) is 6.71. The van der Waals surface area contributed by atoms with Gasteiger partial charge in [-0.2, -0.15) is 24.9 Å². The highest BCUT2D eigenvalue weighted by atomic mass is 127. The van der Waals surface area contributed by atoms with Gasteiger partial charge in [-0.05, 0) is 6.07 Å². The molecule has 1 aromatic rings. The number of hydrogen-bond acceptors (Lipinski definition) is 4. The van der Waals surface area contributed by atoms with Crippen molar-refractivity contribution in [2.75, 3.05) is 31.2 Å². The second-order valence-corrected chi connectivity index (χ2v) is 5.89. The van der Waals surface area contributed by atoms with Crippen molar-refractivity contribution in [3.8, 4) is 5.75 Å². The van der Waals surface area contributed by atoms with Crippen molar-refractivity contribution in [3.05, 3.63) is 24.0 Å². The number of alkyl halides is 3. The van der Waals surface area contributed by atoms with Crippen molar-refractivity contribution < 1.29 is 17.9 Å². The average molecular weight is 462 g/mol. The Kier molecular flexibility index (Phi) is 8.23. The van der Waals surface area contributed by atoms with Gasteiger partial charge >= 0.3 is 6.18 Å². The molecule has 1 saturated heterocycles. The molecule has 2 heterocycles. The Morgan fingerprint density at radius 1 is 1.39 bits per heavy atom. The molecule has 0 spiro atoms. The van der Waals surface area contributed by atoms with Gasteiger partial charge in [0.2, 0.25) is 0 Å². The lowest BCUT2D eigenvalue weighted by atomic mass is 10.2. The summed E-state index contributed by atoms with van der Waals surface area (Å²) in [6, 6.07) is 1.58. The van der Waals surface area contributed by atoms with Gasteiger partial charge in [0, 0.05) is 36.4 Å². The summed E-state index contributed by atoms with van der Waals surface area (Å²) in [5, 5.41) is 0. The van der Waals surface area contributed by atoms with Gasteiger partial charge in [0.15, 0.2) is 12.6 Å². The fourth-order valence-corrected chi connectivity index (χ4v) is 2.79. The van der Waals surface area contributed by atoms with Crippen LogP contribution in [0.1, 0.15) is 5.56 Å². The van der Waals surface area contributed by atoms with Crippen molar-refractivity contribution >= 4 is 41.7 Å². The van der Waals surface area contributed by atoms with Crippen molar-refractivity contribution in [2.45, 2.75) is 12.7 Å². The Bertz CT molecular complexity index is 524. The predicted molar refractivity (Wildman–Crippen MR) is 95.4 cm³/mol. The highest BCUT2D eigenvalue weighted by molar-refractivity contribution is 14.0. The molecule has 0 bridgehead atoms. The number of rotatable bonds is 4. The molecule has 2 N–H and O–H groups in total. The Balaban J connectivity index is 0.00000264. The van der Waals surface area contributed by atoms with Crippen molar-refractivity contribution in [3.63, 3.8) is 0 Å². The normalized spacial score (nSPS) is 16.0. The minimum Gasteiger partial charge on any atom is -0.482 e. The summed E-state index contributed by atoms with van der Waals surface area (Å²) >= 11 is 1.85. The van der Waals surface area contributed by atoms with Gasteiger partial charge in [-0.3, -0.25) is 4.98 Å². The van der Waals surface area contributed by atoms with Crippen LogP contribution in [0.3, 0.4) is 0 Å². The van der Waals surface area contributed by atoms with E-state index in [1.165, 1.54) is 12.4 Å². The van der Waals surface area contributed by atoms with Crippen LogP contribution in [0.2, 0.25) is 0 Å². The van der Waals surface area contributed by atoms with Crippen LogP contribution >= 0.6 is 35.7 Å². The minimum absolute atomic E-state index is 0. The third kappa shape index (κ3) is 7.02. The number of nitrogens with two attached hydrogens (primary N) is 1. The molecule has 10 heteroatoms. The van der Waals surface area contributed by atoms with E-state index in [0.29, 0.717) is 11.5 Å². The molecule has 1 fully saturated rings. The number of pyridine rings is 1. The van der Waals surface area contributed by atoms with Gasteiger partial charge in [-0.15, -0.1) is 24.0 Å². The van der Waals surface area contributed by atoms with E-state index in [0.717, 1.165) is 24.6 Å². The monoisotopic (exact) mass is 462 g/mol. The molecule has 0 aromatic carbocycles. The van der Waals surface area contributed by atoms with E-state index < -0.39 is 12.8 Å². The highest BCUT2D eigenvalue weighted by Crippen LogP contribution is 2.22. The van der Waals surface area contributed by atoms with E-state index in [-0.39, 0.29) is 36.3 Å². The maximum absolute atomic E-state index is 12.2. The van der Waals surface area contributed by atoms with E-state index in [1.54, 1.807) is 6.07 Å². The first-order chi connectivity index (χ1) is 10.5. The molecule has 1 aliphatic rings. The van der Waals surface area contributed by atoms with Crippen LogP contribution in [0.25, 0.3) is 0 Å². The minimum atomic E-state index is -4.39. The zero-order valence-electron chi connectivity index (χ0n) is 12.3. The number of aliphatic imine (C=N–C) groups is 1. The summed E-state index contributed by atoms with van der Waals surface area (Å²) in [6.45, 7) is 0.459. The van der Waals surface area contributed by atoms with Gasteiger partial charge in [0.05, 0.1) is 12.7 Å². The number of aromatic nitrogens is 1. The molecule has 2 rings (SSSR count). The van der Waals surface area contributed by atoms with Crippen LogP contribution in [-0.4, -0.2) is 53.2 Å². The molecule has 0 amide bonds. The fourth-order valence-electron chi connectivity index (χ4n) is 1.89. The van der Waals surface area contributed by atoms with Crippen LogP contribution in [0, 0.1) is 0 Å². The molecule has 23 heavy (non-hydrogen) atoms. The Morgan fingerprint density at radius 3 is 2.74 bits per heavy atom. The summed E-state index contributed by atoms with van der Waals surface area (Å²) in [5.41, 5.74) is 6.44. The molecule has 130 valence electrons. The van der Waals surface area contributed by atoms with Crippen LogP contribution in [-0.2, 0) is 6.54 Å². The van der Waals surface area contributed by atoms with E-state index in [2.05, 4.69) is 9.98 Å². The maximum Gasteiger partial charge on any atom is 0.422 e. The zero-order valence-corrected chi connectivity index (χ0v) is 15.4. The number of guanidine groups is 1.